The molecular formula is C18H20N2O5. The van der Waals surface area contributed by atoms with E-state index in [1.165, 1.54) is 12.0 Å². The average Bonchev–Trinajstić information content (AvgIpc) is 3.02. The number of esters is 1. The molecule has 0 spiro atoms. The van der Waals surface area contributed by atoms with Crippen molar-refractivity contribution < 1.29 is 24.0 Å². The van der Waals surface area contributed by atoms with Gasteiger partial charge in [0.2, 0.25) is 0 Å². The van der Waals surface area contributed by atoms with Crippen molar-refractivity contribution >= 4 is 11.9 Å². The number of hydrogen-bond acceptors (Lipinski definition) is 6. The van der Waals surface area contributed by atoms with Crippen molar-refractivity contribution in [2.45, 2.75) is 31.9 Å². The van der Waals surface area contributed by atoms with Crippen LogP contribution >= 0.6 is 0 Å². The molecule has 2 atom stereocenters. The molecule has 7 heteroatoms. The Bertz CT molecular complexity index is 771. The van der Waals surface area contributed by atoms with Crippen LogP contribution in [0.4, 0.5) is 0 Å². The Kier molecular flexibility index (Phi) is 4.85. The zero-order chi connectivity index (χ0) is 18.0. The smallest absolute Gasteiger partial charge is 0.328 e. The first-order chi connectivity index (χ1) is 12.0. The molecule has 1 aliphatic rings. The molecule has 0 unspecified atom stereocenters. The Morgan fingerprint density at radius 3 is 2.72 bits per heavy atom. The monoisotopic (exact) mass is 344 g/mol. The molecule has 1 saturated heterocycles. The summed E-state index contributed by atoms with van der Waals surface area (Å²) in [5.74, 6) is -0.499. The average molecular weight is 344 g/mol. The molecule has 0 saturated carbocycles. The topological polar surface area (TPSA) is 92.9 Å². The quantitative estimate of drug-likeness (QED) is 0.853. The van der Waals surface area contributed by atoms with E-state index in [0.717, 1.165) is 5.56 Å². The molecule has 1 aliphatic heterocycles. The molecule has 1 aromatic heterocycles. The van der Waals surface area contributed by atoms with Crippen LogP contribution in [0.1, 0.15) is 29.0 Å². The standard InChI is InChI=1S/C18H20N2O5/c1-11-15(16(19-25-11)12-6-4-3-5-7-12)17(22)20-9-8-13(21)10-14(20)18(23)24-2/h3-7,13-14,21H,8-10H2,1-2H3/t13-,14+/m0/s1. The van der Waals surface area contributed by atoms with Gasteiger partial charge in [-0.05, 0) is 13.3 Å². The first-order valence-corrected chi connectivity index (χ1v) is 8.11. The number of piperidine rings is 1. The van der Waals surface area contributed by atoms with Crippen LogP contribution in [0.3, 0.4) is 0 Å². The number of aliphatic hydroxyl groups excluding tert-OH is 1. The molecule has 1 N–H and O–H groups in total. The third-order valence-electron chi connectivity index (χ3n) is 4.43. The fourth-order valence-corrected chi connectivity index (χ4v) is 3.11. The minimum Gasteiger partial charge on any atom is -0.467 e. The summed E-state index contributed by atoms with van der Waals surface area (Å²) in [6, 6.07) is 8.43. The van der Waals surface area contributed by atoms with Crippen LogP contribution in [0.15, 0.2) is 34.9 Å². The first-order valence-electron chi connectivity index (χ1n) is 8.11. The molecule has 0 aliphatic carbocycles. The molecule has 2 heterocycles. The minimum absolute atomic E-state index is 0.156. The second-order valence-electron chi connectivity index (χ2n) is 6.04. The van der Waals surface area contributed by atoms with Crippen molar-refractivity contribution in [3.63, 3.8) is 0 Å². The summed E-state index contributed by atoms with van der Waals surface area (Å²) >= 11 is 0. The van der Waals surface area contributed by atoms with Gasteiger partial charge >= 0.3 is 5.97 Å². The number of benzene rings is 1. The summed E-state index contributed by atoms with van der Waals surface area (Å²) in [7, 11) is 1.27. The zero-order valence-electron chi connectivity index (χ0n) is 14.1. The molecule has 3 rings (SSSR count). The summed E-state index contributed by atoms with van der Waals surface area (Å²) in [5, 5.41) is 13.9. The van der Waals surface area contributed by atoms with Crippen LogP contribution in [0.5, 0.6) is 0 Å². The first kappa shape index (κ1) is 17.2. The summed E-state index contributed by atoms with van der Waals surface area (Å²) in [5.41, 5.74) is 1.53. The van der Waals surface area contributed by atoms with Crippen molar-refractivity contribution in [2.75, 3.05) is 13.7 Å². The highest BCUT2D eigenvalue weighted by molar-refractivity contribution is 6.02. The van der Waals surface area contributed by atoms with Gasteiger partial charge in [-0.1, -0.05) is 35.5 Å². The van der Waals surface area contributed by atoms with Gasteiger partial charge in [-0.15, -0.1) is 0 Å². The van der Waals surface area contributed by atoms with E-state index in [1.807, 2.05) is 30.3 Å². The maximum atomic E-state index is 13.1. The number of aryl methyl sites for hydroxylation is 1. The lowest BCUT2D eigenvalue weighted by Crippen LogP contribution is -2.51. The molecule has 2 aromatic rings. The Balaban J connectivity index is 1.98. The van der Waals surface area contributed by atoms with Gasteiger partial charge in [0.05, 0.1) is 13.2 Å². The number of aromatic nitrogens is 1. The maximum Gasteiger partial charge on any atom is 0.328 e. The van der Waals surface area contributed by atoms with Crippen LogP contribution in [0.25, 0.3) is 11.3 Å². The van der Waals surface area contributed by atoms with Gasteiger partial charge in [-0.25, -0.2) is 4.79 Å². The Hall–Kier alpha value is -2.67. The van der Waals surface area contributed by atoms with Gasteiger partial charge in [0.1, 0.15) is 23.1 Å². The third-order valence-corrected chi connectivity index (χ3v) is 4.43. The van der Waals surface area contributed by atoms with E-state index >= 15 is 0 Å². The normalized spacial score (nSPS) is 20.4. The maximum absolute atomic E-state index is 13.1. The van der Waals surface area contributed by atoms with Crippen LogP contribution in [-0.2, 0) is 9.53 Å². The number of amides is 1. The Morgan fingerprint density at radius 2 is 2.04 bits per heavy atom. The second kappa shape index (κ2) is 7.06. The van der Waals surface area contributed by atoms with Gasteiger partial charge in [0.15, 0.2) is 0 Å². The van der Waals surface area contributed by atoms with Crippen molar-refractivity contribution in [3.05, 3.63) is 41.7 Å². The summed E-state index contributed by atoms with van der Waals surface area (Å²) < 4.78 is 10.0. The van der Waals surface area contributed by atoms with Crippen molar-refractivity contribution in [2.24, 2.45) is 0 Å². The lowest BCUT2D eigenvalue weighted by molar-refractivity contribution is -0.148. The van der Waals surface area contributed by atoms with E-state index in [2.05, 4.69) is 5.16 Å². The molecule has 25 heavy (non-hydrogen) atoms. The fourth-order valence-electron chi connectivity index (χ4n) is 3.11. The molecule has 1 fully saturated rings. The van der Waals surface area contributed by atoms with Crippen LogP contribution in [0.2, 0.25) is 0 Å². The Labute approximate surface area is 145 Å². The van der Waals surface area contributed by atoms with Gasteiger partial charge in [0.25, 0.3) is 5.91 Å². The van der Waals surface area contributed by atoms with E-state index in [1.54, 1.807) is 6.92 Å². The number of nitrogens with zero attached hydrogens (tertiary/aromatic N) is 2. The second-order valence-corrected chi connectivity index (χ2v) is 6.04. The summed E-state index contributed by atoms with van der Waals surface area (Å²) in [6.45, 7) is 1.93. The lowest BCUT2D eigenvalue weighted by Gasteiger charge is -2.36. The fraction of sp³-hybridized carbons (Fsp3) is 0.389. The van der Waals surface area contributed by atoms with Crippen molar-refractivity contribution in [1.82, 2.24) is 10.1 Å². The number of rotatable bonds is 3. The highest BCUT2D eigenvalue weighted by Gasteiger charge is 2.38. The number of hydrogen-bond donors (Lipinski definition) is 1. The predicted molar refractivity (Wildman–Crippen MR) is 88.8 cm³/mol. The highest BCUT2D eigenvalue weighted by atomic mass is 16.5. The van der Waals surface area contributed by atoms with Crippen LogP contribution in [0, 0.1) is 6.92 Å². The molecule has 0 bridgehead atoms. The largest absolute Gasteiger partial charge is 0.467 e. The van der Waals surface area contributed by atoms with Crippen LogP contribution < -0.4 is 0 Å². The van der Waals surface area contributed by atoms with E-state index in [-0.39, 0.29) is 18.9 Å². The number of carbonyl (C=O) groups is 2. The van der Waals surface area contributed by atoms with Gasteiger partial charge < -0.3 is 19.3 Å². The molecule has 0 radical (unpaired) electrons. The zero-order valence-corrected chi connectivity index (χ0v) is 14.1. The number of carbonyl (C=O) groups excluding carboxylic acids is 2. The number of likely N-dealkylation sites (tertiary alicyclic amines) is 1. The summed E-state index contributed by atoms with van der Waals surface area (Å²) in [4.78, 5) is 26.7. The van der Waals surface area contributed by atoms with Crippen LogP contribution in [-0.4, -0.2) is 52.8 Å². The van der Waals surface area contributed by atoms with E-state index in [0.29, 0.717) is 23.4 Å². The Morgan fingerprint density at radius 1 is 1.32 bits per heavy atom. The molecule has 7 nitrogen and oxygen atoms in total. The third kappa shape index (κ3) is 3.28. The van der Waals surface area contributed by atoms with E-state index < -0.39 is 18.1 Å². The van der Waals surface area contributed by atoms with Gasteiger partial charge in [-0.3, -0.25) is 4.79 Å². The molecular weight excluding hydrogens is 324 g/mol. The van der Waals surface area contributed by atoms with Crippen molar-refractivity contribution in [1.29, 1.82) is 0 Å². The SMILES string of the molecule is COC(=O)[C@H]1C[C@@H](O)CCN1C(=O)c1c(-c2ccccc2)noc1C. The highest BCUT2D eigenvalue weighted by Crippen LogP contribution is 2.29. The van der Waals surface area contributed by atoms with Crippen molar-refractivity contribution in [3.8, 4) is 11.3 Å². The van der Waals surface area contributed by atoms with Gasteiger partial charge in [0, 0.05) is 18.5 Å². The predicted octanol–water partition coefficient (Wildman–Crippen LogP) is 1.79. The molecule has 1 aromatic carbocycles. The molecule has 132 valence electrons. The molecule has 1 amide bonds. The van der Waals surface area contributed by atoms with E-state index in [9.17, 15) is 14.7 Å². The van der Waals surface area contributed by atoms with E-state index in [4.69, 9.17) is 9.26 Å². The summed E-state index contributed by atoms with van der Waals surface area (Å²) in [6.07, 6.45) is -0.0708. The number of aliphatic hydroxyl groups is 1. The lowest BCUT2D eigenvalue weighted by atomic mass is 9.97. The van der Waals surface area contributed by atoms with Gasteiger partial charge in [-0.2, -0.15) is 0 Å². The number of methoxy groups -OCH3 is 1. The minimum atomic E-state index is -0.820. The number of ether oxygens (including phenoxy) is 1.